The first-order valence-electron chi connectivity index (χ1n) is 11.2. The Morgan fingerprint density at radius 3 is 2.88 bits per heavy atom. The zero-order valence-electron chi connectivity index (χ0n) is 18.4. The SMILES string of the molecule is N#Cc1ccc2c(c1)ncn2C[C@H]1CCC[C@]2(C1)CN(Cc1cccc(C(F)(F)F)c1)C(=O)O2. The molecule has 176 valence electrons. The normalized spacial score (nSPS) is 22.8. The lowest BCUT2D eigenvalue weighted by molar-refractivity contribution is -0.137. The van der Waals surface area contributed by atoms with Crippen LogP contribution in [0.2, 0.25) is 0 Å². The van der Waals surface area contributed by atoms with Crippen LogP contribution in [0.3, 0.4) is 0 Å². The molecule has 9 heteroatoms. The van der Waals surface area contributed by atoms with Gasteiger partial charge in [0.1, 0.15) is 5.60 Å². The summed E-state index contributed by atoms with van der Waals surface area (Å²) in [7, 11) is 0. The van der Waals surface area contributed by atoms with E-state index in [-0.39, 0.29) is 12.5 Å². The summed E-state index contributed by atoms with van der Waals surface area (Å²) in [6, 6.07) is 12.6. The number of rotatable bonds is 4. The highest BCUT2D eigenvalue weighted by Crippen LogP contribution is 2.41. The standard InChI is InChI=1S/C25H23F3N4O2/c26-25(27,28)20-5-1-3-18(9-20)13-31-15-24(34-23(31)33)8-2-4-19(11-24)14-32-16-30-21-10-17(12-29)6-7-22(21)32/h1,3,5-7,9-10,16,19H,2,4,8,11,13-15H2/t19-,24-/m0/s1. The van der Waals surface area contributed by atoms with Crippen LogP contribution in [0, 0.1) is 17.2 Å². The Bertz CT molecular complexity index is 1280. The van der Waals surface area contributed by atoms with Crippen LogP contribution in [0.5, 0.6) is 0 Å². The molecular weight excluding hydrogens is 445 g/mol. The summed E-state index contributed by atoms with van der Waals surface area (Å²) in [5.41, 5.74) is 1.37. The predicted molar refractivity (Wildman–Crippen MR) is 117 cm³/mol. The van der Waals surface area contributed by atoms with Crippen molar-refractivity contribution in [3.63, 3.8) is 0 Å². The van der Waals surface area contributed by atoms with Gasteiger partial charge in [-0.25, -0.2) is 9.78 Å². The number of hydrogen-bond acceptors (Lipinski definition) is 4. The average Bonchev–Trinajstić information content (AvgIpc) is 3.33. The third-order valence-corrected chi connectivity index (χ3v) is 6.78. The van der Waals surface area contributed by atoms with E-state index in [4.69, 9.17) is 10.00 Å². The summed E-state index contributed by atoms with van der Waals surface area (Å²) in [4.78, 5) is 18.6. The maximum absolute atomic E-state index is 13.1. The van der Waals surface area contributed by atoms with E-state index < -0.39 is 23.4 Å². The zero-order valence-corrected chi connectivity index (χ0v) is 18.4. The third-order valence-electron chi connectivity index (χ3n) is 6.78. The van der Waals surface area contributed by atoms with Gasteiger partial charge in [0.25, 0.3) is 0 Å². The van der Waals surface area contributed by atoms with E-state index in [0.717, 1.165) is 49.0 Å². The van der Waals surface area contributed by atoms with Crippen molar-refractivity contribution in [1.82, 2.24) is 14.5 Å². The van der Waals surface area contributed by atoms with Gasteiger partial charge in [-0.2, -0.15) is 18.4 Å². The van der Waals surface area contributed by atoms with Crippen LogP contribution in [-0.2, 0) is 24.0 Å². The molecule has 34 heavy (non-hydrogen) atoms. The summed E-state index contributed by atoms with van der Waals surface area (Å²) < 4.78 is 47.1. The molecule has 5 rings (SSSR count). The molecule has 0 unspecified atom stereocenters. The number of amides is 1. The maximum atomic E-state index is 13.1. The molecule has 0 N–H and O–H groups in total. The van der Waals surface area contributed by atoms with Crippen molar-refractivity contribution >= 4 is 17.1 Å². The number of alkyl halides is 3. The van der Waals surface area contributed by atoms with Gasteiger partial charge in [0.15, 0.2) is 0 Å². The number of ether oxygens (including phenoxy) is 1. The van der Waals surface area contributed by atoms with E-state index in [1.54, 1.807) is 24.5 Å². The number of nitriles is 1. The van der Waals surface area contributed by atoms with E-state index in [9.17, 15) is 18.0 Å². The lowest BCUT2D eigenvalue weighted by atomic mass is 9.78. The van der Waals surface area contributed by atoms with Gasteiger partial charge in [0.2, 0.25) is 0 Å². The van der Waals surface area contributed by atoms with E-state index in [1.807, 2.05) is 6.07 Å². The summed E-state index contributed by atoms with van der Waals surface area (Å²) in [5, 5.41) is 9.09. The number of imidazole rings is 1. The highest BCUT2D eigenvalue weighted by molar-refractivity contribution is 5.77. The van der Waals surface area contributed by atoms with Gasteiger partial charge in [-0.1, -0.05) is 12.1 Å². The smallest absolute Gasteiger partial charge is 0.416 e. The van der Waals surface area contributed by atoms with Gasteiger partial charge in [-0.3, -0.25) is 4.90 Å². The molecule has 0 bridgehead atoms. The van der Waals surface area contributed by atoms with Crippen molar-refractivity contribution < 1.29 is 22.7 Å². The van der Waals surface area contributed by atoms with Gasteiger partial charge in [0.05, 0.1) is 41.1 Å². The molecule has 2 fully saturated rings. The molecule has 1 amide bonds. The predicted octanol–water partition coefficient (Wildman–Crippen LogP) is 5.51. The number of carbonyl (C=O) groups excluding carboxylic acids is 1. The van der Waals surface area contributed by atoms with Gasteiger partial charge in [-0.15, -0.1) is 0 Å². The van der Waals surface area contributed by atoms with Gasteiger partial charge < -0.3 is 9.30 Å². The molecule has 0 radical (unpaired) electrons. The fourth-order valence-corrected chi connectivity index (χ4v) is 5.27. The van der Waals surface area contributed by atoms with Crippen LogP contribution in [-0.4, -0.2) is 32.7 Å². The average molecular weight is 468 g/mol. The summed E-state index contributed by atoms with van der Waals surface area (Å²) >= 11 is 0. The van der Waals surface area contributed by atoms with Gasteiger partial charge >= 0.3 is 12.3 Å². The molecule has 3 aromatic rings. The highest BCUT2D eigenvalue weighted by atomic mass is 19.4. The largest absolute Gasteiger partial charge is 0.441 e. The zero-order chi connectivity index (χ0) is 23.9. The van der Waals surface area contributed by atoms with Crippen molar-refractivity contribution in [2.45, 2.75) is 50.6 Å². The number of aromatic nitrogens is 2. The fourth-order valence-electron chi connectivity index (χ4n) is 5.27. The molecule has 1 saturated carbocycles. The summed E-state index contributed by atoms with van der Waals surface area (Å²) in [6.45, 7) is 1.17. The van der Waals surface area contributed by atoms with E-state index in [0.29, 0.717) is 24.1 Å². The Balaban J connectivity index is 1.28. The Kier molecular flexibility index (Phi) is 5.47. The third kappa shape index (κ3) is 4.32. The monoisotopic (exact) mass is 468 g/mol. The fraction of sp³-hybridized carbons (Fsp3) is 0.400. The molecule has 2 atom stereocenters. The van der Waals surface area contributed by atoms with Crippen molar-refractivity contribution in [2.24, 2.45) is 5.92 Å². The van der Waals surface area contributed by atoms with E-state index in [1.165, 1.54) is 11.0 Å². The molecule has 1 aliphatic carbocycles. The number of halogens is 3. The molecule has 2 heterocycles. The minimum Gasteiger partial charge on any atom is -0.441 e. The van der Waals surface area contributed by atoms with Crippen LogP contribution in [0.15, 0.2) is 48.8 Å². The summed E-state index contributed by atoms with van der Waals surface area (Å²) in [6.07, 6.45) is 0.192. The van der Waals surface area contributed by atoms with Crippen LogP contribution >= 0.6 is 0 Å². The highest BCUT2D eigenvalue weighted by Gasteiger charge is 2.48. The molecule has 1 saturated heterocycles. The molecule has 6 nitrogen and oxygen atoms in total. The molecule has 1 aromatic heterocycles. The van der Waals surface area contributed by atoms with Crippen LogP contribution in [0.25, 0.3) is 11.0 Å². The number of carbonyl (C=O) groups is 1. The summed E-state index contributed by atoms with van der Waals surface area (Å²) in [5.74, 6) is 0.267. The maximum Gasteiger partial charge on any atom is 0.416 e. The Morgan fingerprint density at radius 1 is 1.24 bits per heavy atom. The Labute approximate surface area is 194 Å². The van der Waals surface area contributed by atoms with Crippen molar-refractivity contribution in [3.05, 3.63) is 65.5 Å². The minimum atomic E-state index is -4.42. The number of nitrogens with zero attached hydrogens (tertiary/aromatic N) is 4. The first-order chi connectivity index (χ1) is 16.2. The van der Waals surface area contributed by atoms with Crippen molar-refractivity contribution in [1.29, 1.82) is 5.26 Å². The van der Waals surface area contributed by atoms with E-state index >= 15 is 0 Å². The number of fused-ring (bicyclic) bond motifs is 1. The molecule has 2 aliphatic rings. The Morgan fingerprint density at radius 2 is 2.09 bits per heavy atom. The van der Waals surface area contributed by atoms with Gasteiger partial charge in [0, 0.05) is 13.1 Å². The van der Waals surface area contributed by atoms with Gasteiger partial charge in [-0.05, 0) is 67.5 Å². The molecular formula is C25H23F3N4O2. The molecule has 1 aliphatic heterocycles. The first kappa shape index (κ1) is 22.3. The minimum absolute atomic E-state index is 0.0859. The van der Waals surface area contributed by atoms with Crippen molar-refractivity contribution in [3.8, 4) is 6.07 Å². The second-order valence-corrected chi connectivity index (χ2v) is 9.28. The van der Waals surface area contributed by atoms with Crippen LogP contribution in [0.4, 0.5) is 18.0 Å². The van der Waals surface area contributed by atoms with E-state index in [2.05, 4.69) is 15.6 Å². The van der Waals surface area contributed by atoms with Crippen molar-refractivity contribution in [2.75, 3.05) is 6.54 Å². The van der Waals surface area contributed by atoms with Crippen LogP contribution < -0.4 is 0 Å². The topological polar surface area (TPSA) is 71.2 Å². The second kappa shape index (κ2) is 8.35. The number of benzene rings is 2. The lowest BCUT2D eigenvalue weighted by Gasteiger charge is -2.36. The molecule has 1 spiro atoms. The first-order valence-corrected chi connectivity index (χ1v) is 11.2. The number of hydrogen-bond donors (Lipinski definition) is 0. The van der Waals surface area contributed by atoms with Crippen LogP contribution in [0.1, 0.15) is 42.4 Å². The molecule has 2 aromatic carbocycles. The quantitative estimate of drug-likeness (QED) is 0.506. The second-order valence-electron chi connectivity index (χ2n) is 9.28. The lowest BCUT2D eigenvalue weighted by Crippen LogP contribution is -2.40. The Hall–Kier alpha value is -3.54.